The molecule has 2 aromatic rings. The number of hydrogen-bond donors (Lipinski definition) is 2. The molecule has 0 radical (unpaired) electrons. The Kier molecular flexibility index (Phi) is 3.25. The molecule has 1 aliphatic rings. The van der Waals surface area contributed by atoms with E-state index in [1.807, 2.05) is 0 Å². The standard InChI is InChI=1S/C15H15N3O/c19-15(13-2-1-5-16-9-13)18-7-11-3-4-12-8-17-10-14(12)6-11/h1-6,9,17H,7-8,10H2,(H,18,19). The number of fused-ring (bicyclic) bond motifs is 1. The molecule has 0 aliphatic carbocycles. The van der Waals surface area contributed by atoms with Crippen LogP contribution in [-0.4, -0.2) is 10.9 Å². The Morgan fingerprint density at radius 3 is 3.00 bits per heavy atom. The highest BCUT2D eigenvalue weighted by Crippen LogP contribution is 2.16. The average molecular weight is 253 g/mol. The molecule has 19 heavy (non-hydrogen) atoms. The highest BCUT2D eigenvalue weighted by atomic mass is 16.1. The number of carbonyl (C=O) groups excluding carboxylic acids is 1. The van der Waals surface area contributed by atoms with Crippen molar-refractivity contribution >= 4 is 5.91 Å². The number of nitrogens with one attached hydrogen (secondary N) is 2. The van der Waals surface area contributed by atoms with E-state index in [0.29, 0.717) is 12.1 Å². The third kappa shape index (κ3) is 2.63. The Labute approximate surface area is 111 Å². The average Bonchev–Trinajstić information content (AvgIpc) is 2.93. The minimum Gasteiger partial charge on any atom is -0.348 e. The normalized spacial score (nSPS) is 13.1. The van der Waals surface area contributed by atoms with Crippen LogP contribution in [0.15, 0.2) is 42.7 Å². The largest absolute Gasteiger partial charge is 0.348 e. The second-order valence-corrected chi connectivity index (χ2v) is 4.63. The van der Waals surface area contributed by atoms with Crippen LogP contribution < -0.4 is 10.6 Å². The number of aromatic nitrogens is 1. The van der Waals surface area contributed by atoms with E-state index in [0.717, 1.165) is 18.7 Å². The SMILES string of the molecule is O=C(NCc1ccc2c(c1)CNC2)c1cccnc1. The summed E-state index contributed by atoms with van der Waals surface area (Å²) in [5, 5.41) is 6.22. The molecule has 1 aliphatic heterocycles. The monoisotopic (exact) mass is 253 g/mol. The molecule has 1 aromatic heterocycles. The fourth-order valence-corrected chi connectivity index (χ4v) is 2.24. The van der Waals surface area contributed by atoms with Gasteiger partial charge in [-0.1, -0.05) is 18.2 Å². The van der Waals surface area contributed by atoms with Crippen LogP contribution in [0.2, 0.25) is 0 Å². The molecule has 2 heterocycles. The van der Waals surface area contributed by atoms with Gasteiger partial charge < -0.3 is 10.6 Å². The quantitative estimate of drug-likeness (QED) is 0.874. The van der Waals surface area contributed by atoms with Crippen LogP contribution in [0.4, 0.5) is 0 Å². The summed E-state index contributed by atoms with van der Waals surface area (Å²) in [7, 11) is 0. The molecule has 0 saturated carbocycles. The van der Waals surface area contributed by atoms with Crippen molar-refractivity contribution in [2.45, 2.75) is 19.6 Å². The molecule has 0 saturated heterocycles. The summed E-state index contributed by atoms with van der Waals surface area (Å²) in [6.45, 7) is 2.40. The van der Waals surface area contributed by atoms with E-state index in [-0.39, 0.29) is 5.91 Å². The molecule has 2 N–H and O–H groups in total. The van der Waals surface area contributed by atoms with E-state index < -0.39 is 0 Å². The third-order valence-electron chi connectivity index (χ3n) is 3.28. The second-order valence-electron chi connectivity index (χ2n) is 4.63. The zero-order valence-electron chi connectivity index (χ0n) is 10.5. The number of nitrogens with zero attached hydrogens (tertiary/aromatic N) is 1. The van der Waals surface area contributed by atoms with Gasteiger partial charge in [0.25, 0.3) is 5.91 Å². The maximum Gasteiger partial charge on any atom is 0.253 e. The maximum atomic E-state index is 11.9. The number of carbonyl (C=O) groups is 1. The van der Waals surface area contributed by atoms with E-state index in [9.17, 15) is 4.79 Å². The zero-order valence-corrected chi connectivity index (χ0v) is 10.5. The number of rotatable bonds is 3. The predicted molar refractivity (Wildman–Crippen MR) is 72.4 cm³/mol. The second kappa shape index (κ2) is 5.20. The van der Waals surface area contributed by atoms with Gasteiger partial charge in [0, 0.05) is 32.0 Å². The number of pyridine rings is 1. The molecule has 1 amide bonds. The van der Waals surface area contributed by atoms with E-state index in [1.54, 1.807) is 24.5 Å². The Hall–Kier alpha value is -2.20. The smallest absolute Gasteiger partial charge is 0.253 e. The van der Waals surface area contributed by atoms with Gasteiger partial charge in [-0.15, -0.1) is 0 Å². The number of benzene rings is 1. The maximum absolute atomic E-state index is 11.9. The van der Waals surface area contributed by atoms with Crippen molar-refractivity contribution in [2.24, 2.45) is 0 Å². The van der Waals surface area contributed by atoms with Crippen LogP contribution >= 0.6 is 0 Å². The molecule has 0 bridgehead atoms. The van der Waals surface area contributed by atoms with Gasteiger partial charge in [0.15, 0.2) is 0 Å². The van der Waals surface area contributed by atoms with Gasteiger partial charge in [0.1, 0.15) is 0 Å². The number of hydrogen-bond acceptors (Lipinski definition) is 3. The molecule has 0 spiro atoms. The topological polar surface area (TPSA) is 54.0 Å². The fourth-order valence-electron chi connectivity index (χ4n) is 2.24. The lowest BCUT2D eigenvalue weighted by Crippen LogP contribution is -2.22. The van der Waals surface area contributed by atoms with Crippen LogP contribution in [0, 0.1) is 0 Å². The lowest BCUT2D eigenvalue weighted by molar-refractivity contribution is 0.0950. The predicted octanol–water partition coefficient (Wildman–Crippen LogP) is 1.61. The van der Waals surface area contributed by atoms with E-state index in [2.05, 4.69) is 33.8 Å². The van der Waals surface area contributed by atoms with E-state index in [1.165, 1.54) is 11.1 Å². The molecular formula is C15H15N3O. The molecule has 3 rings (SSSR count). The van der Waals surface area contributed by atoms with E-state index in [4.69, 9.17) is 0 Å². The Bertz CT molecular complexity index is 596. The minimum atomic E-state index is -0.0910. The first-order chi connectivity index (χ1) is 9.33. The Morgan fingerprint density at radius 2 is 2.16 bits per heavy atom. The van der Waals surface area contributed by atoms with Crippen LogP contribution in [0.3, 0.4) is 0 Å². The summed E-state index contributed by atoms with van der Waals surface area (Å²) in [6.07, 6.45) is 3.23. The van der Waals surface area contributed by atoms with E-state index >= 15 is 0 Å². The summed E-state index contributed by atoms with van der Waals surface area (Å²) < 4.78 is 0. The van der Waals surface area contributed by atoms with Crippen molar-refractivity contribution in [3.05, 3.63) is 65.0 Å². The Morgan fingerprint density at radius 1 is 1.26 bits per heavy atom. The van der Waals surface area contributed by atoms with Crippen LogP contribution in [0.1, 0.15) is 27.0 Å². The summed E-state index contributed by atoms with van der Waals surface area (Å²) in [6, 6.07) is 9.86. The zero-order chi connectivity index (χ0) is 13.1. The van der Waals surface area contributed by atoms with Crippen LogP contribution in [0.25, 0.3) is 0 Å². The summed E-state index contributed by atoms with van der Waals surface area (Å²) in [5.41, 5.74) is 4.39. The first-order valence-electron chi connectivity index (χ1n) is 6.32. The lowest BCUT2D eigenvalue weighted by Gasteiger charge is -2.07. The lowest BCUT2D eigenvalue weighted by atomic mass is 10.1. The highest BCUT2D eigenvalue weighted by Gasteiger charge is 2.10. The van der Waals surface area contributed by atoms with Crippen LogP contribution in [0.5, 0.6) is 0 Å². The summed E-state index contributed by atoms with van der Waals surface area (Å²) in [4.78, 5) is 15.8. The first kappa shape index (κ1) is 11.9. The Balaban J connectivity index is 1.65. The molecule has 4 heteroatoms. The van der Waals surface area contributed by atoms with Crippen molar-refractivity contribution in [3.63, 3.8) is 0 Å². The molecule has 96 valence electrons. The molecule has 4 nitrogen and oxygen atoms in total. The van der Waals surface area contributed by atoms with Gasteiger partial charge >= 0.3 is 0 Å². The van der Waals surface area contributed by atoms with Gasteiger partial charge in [0.05, 0.1) is 5.56 Å². The van der Waals surface area contributed by atoms with Gasteiger partial charge in [-0.2, -0.15) is 0 Å². The molecule has 0 fully saturated rings. The summed E-state index contributed by atoms with van der Waals surface area (Å²) >= 11 is 0. The molecule has 1 aromatic carbocycles. The van der Waals surface area contributed by atoms with Crippen molar-refractivity contribution in [2.75, 3.05) is 0 Å². The van der Waals surface area contributed by atoms with Crippen molar-refractivity contribution in [3.8, 4) is 0 Å². The third-order valence-corrected chi connectivity index (χ3v) is 3.28. The van der Waals surface area contributed by atoms with Crippen molar-refractivity contribution in [1.29, 1.82) is 0 Å². The van der Waals surface area contributed by atoms with Gasteiger partial charge in [0.2, 0.25) is 0 Å². The van der Waals surface area contributed by atoms with Crippen LogP contribution in [-0.2, 0) is 19.6 Å². The molecule has 0 unspecified atom stereocenters. The van der Waals surface area contributed by atoms with Crippen molar-refractivity contribution < 1.29 is 4.79 Å². The first-order valence-corrected chi connectivity index (χ1v) is 6.32. The molecule has 0 atom stereocenters. The number of amides is 1. The van der Waals surface area contributed by atoms with Gasteiger partial charge in [-0.05, 0) is 28.8 Å². The van der Waals surface area contributed by atoms with Crippen molar-refractivity contribution in [1.82, 2.24) is 15.6 Å². The highest BCUT2D eigenvalue weighted by molar-refractivity contribution is 5.93. The van der Waals surface area contributed by atoms with Gasteiger partial charge in [-0.3, -0.25) is 9.78 Å². The minimum absolute atomic E-state index is 0.0910. The molecular weight excluding hydrogens is 238 g/mol. The van der Waals surface area contributed by atoms with Gasteiger partial charge in [-0.25, -0.2) is 0 Å². The summed E-state index contributed by atoms with van der Waals surface area (Å²) in [5.74, 6) is -0.0910. The fraction of sp³-hybridized carbons (Fsp3) is 0.200.